The van der Waals surface area contributed by atoms with Crippen molar-refractivity contribution < 1.29 is 9.59 Å². The number of anilines is 1. The largest absolute Gasteiger partial charge is 0.348 e. The van der Waals surface area contributed by atoms with Gasteiger partial charge in [0.2, 0.25) is 0 Å². The molecule has 0 aliphatic rings. The molecule has 0 saturated carbocycles. The van der Waals surface area contributed by atoms with Crippen LogP contribution in [0.15, 0.2) is 54.6 Å². The highest BCUT2D eigenvalue weighted by atomic mass is 16.2. The van der Waals surface area contributed by atoms with Gasteiger partial charge in [0.05, 0.1) is 12.0 Å². The molecule has 25 heavy (non-hydrogen) atoms. The van der Waals surface area contributed by atoms with Gasteiger partial charge in [-0.15, -0.1) is 0 Å². The molecule has 0 unspecified atom stereocenters. The summed E-state index contributed by atoms with van der Waals surface area (Å²) in [5.41, 5.74) is 2.11. The maximum absolute atomic E-state index is 12.1. The number of carbonyl (C=O) groups excluding carboxylic acids is 2. The molecular weight excluding hydrogens is 316 g/mol. The lowest BCUT2D eigenvalue weighted by Gasteiger charge is -2.09. The van der Waals surface area contributed by atoms with Crippen molar-refractivity contribution >= 4 is 17.6 Å². The van der Waals surface area contributed by atoms with Gasteiger partial charge in [-0.25, -0.2) is 4.79 Å². The monoisotopic (exact) mass is 336 g/mol. The Morgan fingerprint density at radius 3 is 2.36 bits per heavy atom. The summed E-state index contributed by atoms with van der Waals surface area (Å²) in [5, 5.41) is 16.8. The Balaban J connectivity index is 1.83. The van der Waals surface area contributed by atoms with E-state index in [1.165, 1.54) is 0 Å². The Kier molecular flexibility index (Phi) is 6.55. The molecule has 0 heterocycles. The average molecular weight is 336 g/mol. The van der Waals surface area contributed by atoms with Crippen LogP contribution in [0.4, 0.5) is 10.5 Å². The van der Waals surface area contributed by atoms with E-state index in [1.807, 2.05) is 36.4 Å². The second-order valence-corrected chi connectivity index (χ2v) is 5.61. The second-order valence-electron chi connectivity index (χ2n) is 5.61. The lowest BCUT2D eigenvalue weighted by molar-refractivity contribution is 0.0951. The Bertz CT molecular complexity index is 751. The Morgan fingerprint density at radius 2 is 1.72 bits per heavy atom. The van der Waals surface area contributed by atoms with Crippen LogP contribution in [0.2, 0.25) is 0 Å². The van der Waals surface area contributed by atoms with Gasteiger partial charge in [0.25, 0.3) is 5.91 Å². The minimum Gasteiger partial charge on any atom is -0.348 e. The van der Waals surface area contributed by atoms with Gasteiger partial charge in [-0.3, -0.25) is 4.79 Å². The summed E-state index contributed by atoms with van der Waals surface area (Å²) < 4.78 is 0. The van der Waals surface area contributed by atoms with Crippen molar-refractivity contribution in [1.29, 1.82) is 5.26 Å². The molecule has 0 aliphatic carbocycles. The van der Waals surface area contributed by atoms with Crippen molar-refractivity contribution in [2.45, 2.75) is 13.5 Å². The molecule has 3 N–H and O–H groups in total. The first-order chi connectivity index (χ1) is 12.1. The average Bonchev–Trinajstić information content (AvgIpc) is 2.65. The van der Waals surface area contributed by atoms with Crippen molar-refractivity contribution in [2.75, 3.05) is 11.9 Å². The van der Waals surface area contributed by atoms with Crippen LogP contribution in [-0.2, 0) is 6.54 Å². The molecule has 6 nitrogen and oxygen atoms in total. The fourth-order valence-electron chi connectivity index (χ4n) is 2.05. The van der Waals surface area contributed by atoms with Crippen LogP contribution in [-0.4, -0.2) is 18.5 Å². The molecule has 128 valence electrons. The highest BCUT2D eigenvalue weighted by molar-refractivity contribution is 5.95. The predicted octanol–water partition coefficient (Wildman–Crippen LogP) is 2.90. The van der Waals surface area contributed by atoms with Gasteiger partial charge in [-0.1, -0.05) is 30.3 Å². The number of benzene rings is 2. The first-order valence-electron chi connectivity index (χ1n) is 7.95. The number of nitrogens with zero attached hydrogens (tertiary/aromatic N) is 1. The van der Waals surface area contributed by atoms with Crippen LogP contribution in [0.5, 0.6) is 0 Å². The lowest BCUT2D eigenvalue weighted by atomic mass is 10.1. The molecule has 2 aromatic carbocycles. The zero-order valence-corrected chi connectivity index (χ0v) is 14.0. The molecule has 6 heteroatoms. The van der Waals surface area contributed by atoms with Gasteiger partial charge in [0, 0.05) is 24.3 Å². The summed E-state index contributed by atoms with van der Waals surface area (Å²) in [6.45, 7) is 2.46. The molecule has 0 aliphatic heterocycles. The molecule has 1 atom stereocenters. The first kappa shape index (κ1) is 18.0. The van der Waals surface area contributed by atoms with E-state index in [0.29, 0.717) is 17.8 Å². The third-order valence-corrected chi connectivity index (χ3v) is 3.49. The Hall–Kier alpha value is -3.33. The van der Waals surface area contributed by atoms with Crippen molar-refractivity contribution in [3.63, 3.8) is 0 Å². The molecule has 3 amide bonds. The topological polar surface area (TPSA) is 94.0 Å². The molecule has 0 spiro atoms. The minimum atomic E-state index is -0.386. The quantitative estimate of drug-likeness (QED) is 0.757. The Labute approximate surface area is 146 Å². The lowest BCUT2D eigenvalue weighted by Crippen LogP contribution is -2.32. The van der Waals surface area contributed by atoms with Gasteiger partial charge < -0.3 is 16.0 Å². The molecule has 2 rings (SSSR count). The van der Waals surface area contributed by atoms with E-state index < -0.39 is 0 Å². The highest BCUT2D eigenvalue weighted by Gasteiger charge is 2.07. The number of nitrogens with one attached hydrogen (secondary N) is 3. The highest BCUT2D eigenvalue weighted by Crippen LogP contribution is 2.10. The minimum absolute atomic E-state index is 0.178. The maximum atomic E-state index is 12.1. The fraction of sp³-hybridized carbons (Fsp3) is 0.211. The summed E-state index contributed by atoms with van der Waals surface area (Å²) in [6.07, 6.45) is 0. The van der Waals surface area contributed by atoms with Gasteiger partial charge in [0.15, 0.2) is 0 Å². The van der Waals surface area contributed by atoms with E-state index >= 15 is 0 Å². The van der Waals surface area contributed by atoms with Crippen LogP contribution >= 0.6 is 0 Å². The summed E-state index contributed by atoms with van der Waals surface area (Å²) in [5.74, 6) is -0.427. The summed E-state index contributed by atoms with van der Waals surface area (Å²) in [7, 11) is 0. The van der Waals surface area contributed by atoms with Gasteiger partial charge in [-0.2, -0.15) is 5.26 Å². The molecule has 0 aromatic heterocycles. The molecule has 2 aromatic rings. The van der Waals surface area contributed by atoms with Crippen LogP contribution in [0.1, 0.15) is 22.8 Å². The summed E-state index contributed by atoms with van der Waals surface area (Å²) >= 11 is 0. The van der Waals surface area contributed by atoms with Crippen molar-refractivity contribution in [3.8, 4) is 6.07 Å². The van der Waals surface area contributed by atoms with Crippen LogP contribution in [0.3, 0.4) is 0 Å². The SMILES string of the molecule is C[C@@H](C#N)CNC(=O)Nc1ccc(C(=O)NCc2ccccc2)cc1. The van der Waals surface area contributed by atoms with Crippen LogP contribution in [0.25, 0.3) is 0 Å². The van der Waals surface area contributed by atoms with E-state index in [9.17, 15) is 9.59 Å². The number of hydrogen-bond donors (Lipinski definition) is 3. The summed E-state index contributed by atoms with van der Waals surface area (Å²) in [6, 6.07) is 17.9. The third-order valence-electron chi connectivity index (χ3n) is 3.49. The normalized spacial score (nSPS) is 11.0. The third kappa shape index (κ3) is 5.99. The molecule has 0 radical (unpaired) electrons. The number of amides is 3. The van der Waals surface area contributed by atoms with Crippen molar-refractivity contribution in [2.24, 2.45) is 5.92 Å². The maximum Gasteiger partial charge on any atom is 0.319 e. The fourth-order valence-corrected chi connectivity index (χ4v) is 2.05. The van der Waals surface area contributed by atoms with E-state index in [2.05, 4.69) is 16.0 Å². The van der Waals surface area contributed by atoms with Crippen molar-refractivity contribution in [3.05, 3.63) is 65.7 Å². The standard InChI is InChI=1S/C19H20N4O2/c1-14(11-20)12-22-19(25)23-17-9-7-16(8-10-17)18(24)21-13-15-5-3-2-4-6-15/h2-10,14H,12-13H2,1H3,(H,21,24)(H2,22,23,25)/t14-/m0/s1. The Morgan fingerprint density at radius 1 is 1.04 bits per heavy atom. The number of hydrogen-bond acceptors (Lipinski definition) is 3. The number of rotatable bonds is 6. The smallest absolute Gasteiger partial charge is 0.319 e. The zero-order valence-electron chi connectivity index (χ0n) is 14.0. The van der Waals surface area contributed by atoms with E-state index in [1.54, 1.807) is 31.2 Å². The van der Waals surface area contributed by atoms with E-state index in [0.717, 1.165) is 5.56 Å². The van der Waals surface area contributed by atoms with E-state index in [4.69, 9.17) is 5.26 Å². The van der Waals surface area contributed by atoms with E-state index in [-0.39, 0.29) is 24.4 Å². The molecule has 0 saturated heterocycles. The van der Waals surface area contributed by atoms with Crippen LogP contribution < -0.4 is 16.0 Å². The molecule has 0 fully saturated rings. The molecular formula is C19H20N4O2. The van der Waals surface area contributed by atoms with Crippen molar-refractivity contribution in [1.82, 2.24) is 10.6 Å². The first-order valence-corrected chi connectivity index (χ1v) is 7.95. The van der Waals surface area contributed by atoms with Gasteiger partial charge in [-0.05, 0) is 36.8 Å². The molecule has 0 bridgehead atoms. The summed E-state index contributed by atoms with van der Waals surface area (Å²) in [4.78, 5) is 23.8. The van der Waals surface area contributed by atoms with Gasteiger partial charge >= 0.3 is 6.03 Å². The van der Waals surface area contributed by atoms with Crippen LogP contribution in [0, 0.1) is 17.2 Å². The number of carbonyl (C=O) groups is 2. The number of nitriles is 1. The number of urea groups is 1. The predicted molar refractivity (Wildman–Crippen MR) is 95.9 cm³/mol. The van der Waals surface area contributed by atoms with Gasteiger partial charge in [0.1, 0.15) is 0 Å². The zero-order chi connectivity index (χ0) is 18.1. The second kappa shape index (κ2) is 9.08.